The van der Waals surface area contributed by atoms with Crippen molar-refractivity contribution in [3.63, 3.8) is 0 Å². The molecule has 0 N–H and O–H groups in total. The zero-order chi connectivity index (χ0) is 17.8. The van der Waals surface area contributed by atoms with E-state index in [1.807, 2.05) is 59.3 Å². The number of hydrogen-bond donors (Lipinski definition) is 0. The Kier molecular flexibility index (Phi) is 5.26. The molecule has 0 bridgehead atoms. The first-order valence-electron chi connectivity index (χ1n) is 8.27. The third-order valence-electron chi connectivity index (χ3n) is 3.91. The van der Waals surface area contributed by atoms with E-state index in [1.165, 1.54) is 0 Å². The zero-order valence-corrected chi connectivity index (χ0v) is 15.6. The Balaban J connectivity index is 1.42. The van der Waals surface area contributed by atoms with Gasteiger partial charge in [-0.25, -0.2) is 9.78 Å². The molecule has 0 radical (unpaired) electrons. The van der Waals surface area contributed by atoms with E-state index in [-0.39, 0.29) is 12.6 Å². The lowest BCUT2D eigenvalue weighted by Gasteiger charge is -2.08. The number of rotatable bonds is 5. The number of thioether (sulfide) groups is 2. The summed E-state index contributed by atoms with van der Waals surface area (Å²) in [6.07, 6.45) is 3.80. The Labute approximate surface area is 159 Å². The van der Waals surface area contributed by atoms with Gasteiger partial charge in [0, 0.05) is 23.9 Å². The van der Waals surface area contributed by atoms with Gasteiger partial charge in [-0.1, -0.05) is 47.8 Å². The molecule has 1 aliphatic rings. The van der Waals surface area contributed by atoms with Crippen molar-refractivity contribution in [3.05, 3.63) is 71.7 Å². The number of ether oxygens (including phenoxy) is 1. The third-order valence-corrected chi connectivity index (χ3v) is 6.21. The Hall–Kier alpha value is -2.25. The standard InChI is InChI=1S/C19H17N3O2S2/c23-18(24-12-15-11-22-9-4-3-7-17(22)21-15)16-6-2-1-5-14(16)13-26-19-20-8-10-25-19/h1-7,9,11H,8,10,12-13H2. The quantitative estimate of drug-likeness (QED) is 0.623. The molecule has 3 aromatic rings. The highest BCUT2D eigenvalue weighted by atomic mass is 32.2. The Morgan fingerprint density at radius 2 is 2.12 bits per heavy atom. The maximum atomic E-state index is 12.5. The van der Waals surface area contributed by atoms with Gasteiger partial charge in [0.25, 0.3) is 0 Å². The monoisotopic (exact) mass is 383 g/mol. The molecule has 0 fully saturated rings. The summed E-state index contributed by atoms with van der Waals surface area (Å²) in [5, 5.41) is 0. The van der Waals surface area contributed by atoms with Crippen molar-refractivity contribution in [2.75, 3.05) is 12.3 Å². The first-order valence-corrected chi connectivity index (χ1v) is 10.2. The molecule has 5 nitrogen and oxygen atoms in total. The molecule has 3 heterocycles. The van der Waals surface area contributed by atoms with Gasteiger partial charge in [0.15, 0.2) is 0 Å². The van der Waals surface area contributed by atoms with Crippen LogP contribution in [0.2, 0.25) is 0 Å². The van der Waals surface area contributed by atoms with Gasteiger partial charge >= 0.3 is 5.97 Å². The van der Waals surface area contributed by atoms with Crippen LogP contribution in [-0.4, -0.2) is 32.0 Å². The van der Waals surface area contributed by atoms with Crippen molar-refractivity contribution in [2.45, 2.75) is 12.4 Å². The number of nitrogens with zero attached hydrogens (tertiary/aromatic N) is 3. The fraction of sp³-hybridized carbons (Fsp3) is 0.211. The van der Waals surface area contributed by atoms with Gasteiger partial charge in [0.2, 0.25) is 0 Å². The summed E-state index contributed by atoms with van der Waals surface area (Å²) in [5.74, 6) is 1.44. The highest BCUT2D eigenvalue weighted by Crippen LogP contribution is 2.26. The van der Waals surface area contributed by atoms with E-state index >= 15 is 0 Å². The molecule has 0 aliphatic carbocycles. The second-order valence-electron chi connectivity index (χ2n) is 5.72. The summed E-state index contributed by atoms with van der Waals surface area (Å²) in [7, 11) is 0. The number of carbonyl (C=O) groups excluding carboxylic acids is 1. The number of aliphatic imine (C=N–C) groups is 1. The van der Waals surface area contributed by atoms with E-state index in [2.05, 4.69) is 9.98 Å². The van der Waals surface area contributed by atoms with Crippen LogP contribution in [0.4, 0.5) is 0 Å². The average Bonchev–Trinajstić information content (AvgIpc) is 3.33. The lowest BCUT2D eigenvalue weighted by Crippen LogP contribution is -2.08. The minimum atomic E-state index is -0.320. The van der Waals surface area contributed by atoms with E-state index in [0.29, 0.717) is 11.3 Å². The number of benzene rings is 1. The van der Waals surface area contributed by atoms with Crippen LogP contribution in [-0.2, 0) is 17.1 Å². The summed E-state index contributed by atoms with van der Waals surface area (Å²) >= 11 is 3.45. The smallest absolute Gasteiger partial charge is 0.338 e. The van der Waals surface area contributed by atoms with Crippen LogP contribution in [0.1, 0.15) is 21.6 Å². The lowest BCUT2D eigenvalue weighted by molar-refractivity contribution is 0.0467. The second-order valence-corrected chi connectivity index (χ2v) is 8.02. The van der Waals surface area contributed by atoms with Crippen molar-refractivity contribution in [1.29, 1.82) is 0 Å². The molecular formula is C19H17N3O2S2. The molecule has 26 heavy (non-hydrogen) atoms. The summed E-state index contributed by atoms with van der Waals surface area (Å²) < 4.78 is 8.50. The molecule has 0 unspecified atom stereocenters. The highest BCUT2D eigenvalue weighted by Gasteiger charge is 2.15. The molecule has 0 saturated heterocycles. The predicted octanol–water partition coefficient (Wildman–Crippen LogP) is 4.03. The van der Waals surface area contributed by atoms with Crippen LogP contribution in [0, 0.1) is 0 Å². The Morgan fingerprint density at radius 3 is 2.96 bits per heavy atom. The molecule has 0 amide bonds. The van der Waals surface area contributed by atoms with Crippen LogP contribution in [0.15, 0.2) is 59.9 Å². The summed E-state index contributed by atoms with van der Waals surface area (Å²) in [5.41, 5.74) is 3.14. The molecule has 1 aliphatic heterocycles. The van der Waals surface area contributed by atoms with Crippen molar-refractivity contribution in [1.82, 2.24) is 9.38 Å². The zero-order valence-electron chi connectivity index (χ0n) is 14.0. The fourth-order valence-electron chi connectivity index (χ4n) is 2.66. The highest BCUT2D eigenvalue weighted by molar-refractivity contribution is 8.38. The van der Waals surface area contributed by atoms with Crippen molar-refractivity contribution < 1.29 is 9.53 Å². The first-order chi connectivity index (χ1) is 12.8. The number of fused-ring (bicyclic) bond motifs is 1. The van der Waals surface area contributed by atoms with Gasteiger partial charge in [0.1, 0.15) is 16.6 Å². The topological polar surface area (TPSA) is 56.0 Å². The van der Waals surface area contributed by atoms with Crippen LogP contribution >= 0.6 is 23.5 Å². The van der Waals surface area contributed by atoms with Crippen molar-refractivity contribution >= 4 is 39.5 Å². The van der Waals surface area contributed by atoms with E-state index in [1.54, 1.807) is 23.5 Å². The lowest BCUT2D eigenvalue weighted by atomic mass is 10.1. The van der Waals surface area contributed by atoms with Gasteiger partial charge < -0.3 is 9.14 Å². The third kappa shape index (κ3) is 3.94. The maximum absolute atomic E-state index is 12.5. The van der Waals surface area contributed by atoms with Crippen molar-refractivity contribution in [2.24, 2.45) is 4.99 Å². The number of hydrogen-bond acceptors (Lipinski definition) is 6. The van der Waals surface area contributed by atoms with Crippen LogP contribution in [0.5, 0.6) is 0 Å². The van der Waals surface area contributed by atoms with Crippen LogP contribution in [0.25, 0.3) is 5.65 Å². The minimum Gasteiger partial charge on any atom is -0.456 e. The van der Waals surface area contributed by atoms with Crippen LogP contribution < -0.4 is 0 Å². The minimum absolute atomic E-state index is 0.157. The molecule has 132 valence electrons. The number of pyridine rings is 1. The Bertz CT molecular complexity index is 935. The SMILES string of the molecule is O=C(OCc1cn2ccccc2n1)c1ccccc1CSC1=NCCS1. The predicted molar refractivity (Wildman–Crippen MR) is 107 cm³/mol. The average molecular weight is 383 g/mol. The molecule has 0 spiro atoms. The number of carbonyl (C=O) groups is 1. The molecule has 0 atom stereocenters. The molecule has 7 heteroatoms. The molecule has 4 rings (SSSR count). The number of aromatic nitrogens is 2. The van der Waals surface area contributed by atoms with E-state index in [0.717, 1.165) is 33.6 Å². The van der Waals surface area contributed by atoms with Gasteiger partial charge in [0.05, 0.1) is 17.8 Å². The van der Waals surface area contributed by atoms with Gasteiger partial charge in [-0.3, -0.25) is 4.99 Å². The van der Waals surface area contributed by atoms with E-state index in [9.17, 15) is 4.79 Å². The summed E-state index contributed by atoms with van der Waals surface area (Å²) in [6, 6.07) is 13.4. The van der Waals surface area contributed by atoms with E-state index < -0.39 is 0 Å². The van der Waals surface area contributed by atoms with Gasteiger partial charge in [-0.15, -0.1) is 0 Å². The normalized spacial score (nSPS) is 13.8. The number of esters is 1. The maximum Gasteiger partial charge on any atom is 0.338 e. The molecule has 2 aromatic heterocycles. The van der Waals surface area contributed by atoms with Gasteiger partial charge in [-0.2, -0.15) is 0 Å². The molecule has 0 saturated carbocycles. The van der Waals surface area contributed by atoms with Crippen LogP contribution in [0.3, 0.4) is 0 Å². The van der Waals surface area contributed by atoms with Gasteiger partial charge in [-0.05, 0) is 23.8 Å². The second kappa shape index (κ2) is 7.97. The molecule has 1 aromatic carbocycles. The van der Waals surface area contributed by atoms with Crippen molar-refractivity contribution in [3.8, 4) is 0 Å². The number of imidazole rings is 1. The largest absolute Gasteiger partial charge is 0.456 e. The summed E-state index contributed by atoms with van der Waals surface area (Å²) in [6.45, 7) is 1.04. The molecular weight excluding hydrogens is 366 g/mol. The fourth-order valence-corrected chi connectivity index (χ4v) is 4.67. The van der Waals surface area contributed by atoms with E-state index in [4.69, 9.17) is 4.74 Å². The summed E-state index contributed by atoms with van der Waals surface area (Å²) in [4.78, 5) is 21.4. The Morgan fingerprint density at radius 1 is 1.23 bits per heavy atom. The first kappa shape index (κ1) is 17.2.